The number of carbonyl (C=O) groups excluding carboxylic acids is 1. The summed E-state index contributed by atoms with van der Waals surface area (Å²) in [6, 6.07) is 0.229. The van der Waals surface area contributed by atoms with E-state index in [-0.39, 0.29) is 6.04 Å². The summed E-state index contributed by atoms with van der Waals surface area (Å²) in [6.07, 6.45) is 7.42. The highest BCUT2D eigenvalue weighted by molar-refractivity contribution is 5.83. The van der Waals surface area contributed by atoms with Crippen LogP contribution in [0.25, 0.3) is 0 Å². The molecule has 0 aromatic carbocycles. The van der Waals surface area contributed by atoms with Crippen LogP contribution in [0.3, 0.4) is 0 Å². The third-order valence-electron chi connectivity index (χ3n) is 4.62. The second kappa shape index (κ2) is 3.21. The van der Waals surface area contributed by atoms with E-state index in [9.17, 15) is 4.79 Å². The van der Waals surface area contributed by atoms with Crippen LogP contribution in [0.1, 0.15) is 38.5 Å². The van der Waals surface area contributed by atoms with Gasteiger partial charge >= 0.3 is 0 Å². The average Bonchev–Trinajstić information content (AvgIpc) is 2.60. The van der Waals surface area contributed by atoms with Gasteiger partial charge in [0.1, 0.15) is 0 Å². The minimum atomic E-state index is 0.229. The van der Waals surface area contributed by atoms with E-state index in [2.05, 4.69) is 0 Å². The van der Waals surface area contributed by atoms with Gasteiger partial charge in [-0.25, -0.2) is 0 Å². The summed E-state index contributed by atoms with van der Waals surface area (Å²) in [5, 5.41) is 0. The summed E-state index contributed by atoms with van der Waals surface area (Å²) in [6.45, 7) is 1.69. The zero-order chi connectivity index (χ0) is 10.5. The summed E-state index contributed by atoms with van der Waals surface area (Å²) in [4.78, 5) is 14.2. The van der Waals surface area contributed by atoms with Gasteiger partial charge in [-0.2, -0.15) is 0 Å². The van der Waals surface area contributed by atoms with Gasteiger partial charge in [0.2, 0.25) is 5.91 Å². The molecule has 2 N–H and O–H groups in total. The van der Waals surface area contributed by atoms with Gasteiger partial charge < -0.3 is 10.6 Å². The van der Waals surface area contributed by atoms with Crippen molar-refractivity contribution in [3.8, 4) is 0 Å². The highest BCUT2D eigenvalue weighted by atomic mass is 16.2. The molecule has 1 heterocycles. The fourth-order valence-corrected chi connectivity index (χ4v) is 3.54. The van der Waals surface area contributed by atoms with Crippen molar-refractivity contribution in [1.29, 1.82) is 0 Å². The van der Waals surface area contributed by atoms with Gasteiger partial charge in [0.05, 0.1) is 0 Å². The summed E-state index contributed by atoms with van der Waals surface area (Å²) < 4.78 is 0. The Hall–Kier alpha value is -0.570. The van der Waals surface area contributed by atoms with Gasteiger partial charge in [-0.3, -0.25) is 4.79 Å². The lowest BCUT2D eigenvalue weighted by molar-refractivity contribution is -0.132. The molecule has 3 nitrogen and oxygen atoms in total. The quantitative estimate of drug-likeness (QED) is 0.702. The molecule has 2 atom stereocenters. The molecular formula is C12H20N2O. The molecule has 3 heteroatoms. The van der Waals surface area contributed by atoms with Crippen molar-refractivity contribution in [2.24, 2.45) is 17.1 Å². The van der Waals surface area contributed by atoms with Crippen molar-refractivity contribution in [2.75, 3.05) is 13.1 Å². The Balaban J connectivity index is 1.62. The SMILES string of the molecule is NC1CCN(C(=O)C2CC23CCCC3)C1. The molecule has 0 radical (unpaired) electrons. The lowest BCUT2D eigenvalue weighted by atomic mass is 10.0. The molecule has 0 aromatic heterocycles. The monoisotopic (exact) mass is 208 g/mol. The van der Waals surface area contributed by atoms with Crippen LogP contribution in [0, 0.1) is 11.3 Å². The molecule has 3 aliphatic rings. The predicted molar refractivity (Wildman–Crippen MR) is 58.2 cm³/mol. The molecule has 2 saturated carbocycles. The third-order valence-corrected chi connectivity index (χ3v) is 4.62. The highest BCUT2D eigenvalue weighted by Gasteiger charge is 2.59. The van der Waals surface area contributed by atoms with Gasteiger partial charge in [-0.1, -0.05) is 12.8 Å². The number of hydrogen-bond acceptors (Lipinski definition) is 2. The maximum atomic E-state index is 12.2. The topological polar surface area (TPSA) is 46.3 Å². The first kappa shape index (κ1) is 9.64. The van der Waals surface area contributed by atoms with Gasteiger partial charge in [0.15, 0.2) is 0 Å². The standard InChI is InChI=1S/C12H20N2O/c13-9-3-6-14(8-9)11(15)10-7-12(10)4-1-2-5-12/h9-10H,1-8,13H2. The first-order valence-corrected chi connectivity index (χ1v) is 6.26. The third kappa shape index (κ3) is 1.48. The molecule has 84 valence electrons. The highest BCUT2D eigenvalue weighted by Crippen LogP contribution is 2.63. The van der Waals surface area contributed by atoms with Crippen molar-refractivity contribution in [1.82, 2.24) is 4.90 Å². The van der Waals surface area contributed by atoms with Crippen molar-refractivity contribution in [3.05, 3.63) is 0 Å². The Morgan fingerprint density at radius 3 is 2.67 bits per heavy atom. The smallest absolute Gasteiger partial charge is 0.226 e. The fourth-order valence-electron chi connectivity index (χ4n) is 3.54. The van der Waals surface area contributed by atoms with Gasteiger partial charge in [0.25, 0.3) is 0 Å². The molecule has 1 aliphatic heterocycles. The fraction of sp³-hybridized carbons (Fsp3) is 0.917. The Labute approximate surface area is 91.0 Å². The second-order valence-electron chi connectivity index (χ2n) is 5.66. The van der Waals surface area contributed by atoms with Gasteiger partial charge in [0, 0.05) is 25.0 Å². The Kier molecular flexibility index (Phi) is 2.06. The Morgan fingerprint density at radius 1 is 1.33 bits per heavy atom. The molecule has 1 amide bonds. The summed E-state index contributed by atoms with van der Waals surface area (Å²) in [5.74, 6) is 0.773. The van der Waals surface area contributed by atoms with Crippen LogP contribution < -0.4 is 5.73 Å². The number of nitrogens with two attached hydrogens (primary N) is 1. The summed E-state index contributed by atoms with van der Waals surface area (Å²) in [5.41, 5.74) is 6.28. The molecule has 3 rings (SSSR count). The number of amides is 1. The average molecular weight is 208 g/mol. The van der Waals surface area contributed by atoms with Crippen molar-refractivity contribution < 1.29 is 4.79 Å². The Bertz CT molecular complexity index is 283. The van der Waals surface area contributed by atoms with Crippen LogP contribution in [-0.4, -0.2) is 29.9 Å². The second-order valence-corrected chi connectivity index (χ2v) is 5.66. The molecule has 15 heavy (non-hydrogen) atoms. The molecule has 1 spiro atoms. The molecule has 0 bridgehead atoms. The first-order valence-electron chi connectivity index (χ1n) is 6.26. The minimum absolute atomic E-state index is 0.229. The van der Waals surface area contributed by atoms with Crippen LogP contribution in [0.2, 0.25) is 0 Å². The number of likely N-dealkylation sites (tertiary alicyclic amines) is 1. The molecular weight excluding hydrogens is 188 g/mol. The predicted octanol–water partition coefficient (Wildman–Crippen LogP) is 1.13. The van der Waals surface area contributed by atoms with Gasteiger partial charge in [-0.15, -0.1) is 0 Å². The number of carbonyl (C=O) groups is 1. The van der Waals surface area contributed by atoms with E-state index in [1.165, 1.54) is 25.7 Å². The lowest BCUT2D eigenvalue weighted by Gasteiger charge is -2.17. The van der Waals surface area contributed by atoms with E-state index in [4.69, 9.17) is 5.73 Å². The number of rotatable bonds is 1. The summed E-state index contributed by atoms with van der Waals surface area (Å²) >= 11 is 0. The Morgan fingerprint density at radius 2 is 2.07 bits per heavy atom. The van der Waals surface area contributed by atoms with Crippen molar-refractivity contribution >= 4 is 5.91 Å². The zero-order valence-corrected chi connectivity index (χ0v) is 9.24. The zero-order valence-electron chi connectivity index (χ0n) is 9.24. The van der Waals surface area contributed by atoms with Crippen LogP contribution >= 0.6 is 0 Å². The van der Waals surface area contributed by atoms with E-state index in [1.54, 1.807) is 0 Å². The minimum Gasteiger partial charge on any atom is -0.341 e. The molecule has 0 aromatic rings. The van der Waals surface area contributed by atoms with Crippen LogP contribution in [0.15, 0.2) is 0 Å². The van der Waals surface area contributed by atoms with E-state index >= 15 is 0 Å². The van der Waals surface area contributed by atoms with Crippen molar-refractivity contribution in [2.45, 2.75) is 44.6 Å². The van der Waals surface area contributed by atoms with Crippen molar-refractivity contribution in [3.63, 3.8) is 0 Å². The largest absolute Gasteiger partial charge is 0.341 e. The van der Waals surface area contributed by atoms with Crippen LogP contribution in [0.5, 0.6) is 0 Å². The first-order chi connectivity index (χ1) is 7.21. The number of hydrogen-bond donors (Lipinski definition) is 1. The van der Waals surface area contributed by atoms with E-state index in [0.717, 1.165) is 25.9 Å². The van der Waals surface area contributed by atoms with E-state index in [0.29, 0.717) is 17.2 Å². The van der Waals surface area contributed by atoms with E-state index in [1.807, 2.05) is 4.90 Å². The van der Waals surface area contributed by atoms with Gasteiger partial charge in [-0.05, 0) is 31.1 Å². The molecule has 2 unspecified atom stereocenters. The normalized spacial score (nSPS) is 37.5. The summed E-state index contributed by atoms with van der Waals surface area (Å²) in [7, 11) is 0. The van der Waals surface area contributed by atoms with Crippen LogP contribution in [-0.2, 0) is 4.79 Å². The van der Waals surface area contributed by atoms with E-state index < -0.39 is 0 Å². The maximum absolute atomic E-state index is 12.2. The lowest BCUT2D eigenvalue weighted by Crippen LogP contribution is -2.34. The van der Waals surface area contributed by atoms with Crippen LogP contribution in [0.4, 0.5) is 0 Å². The molecule has 1 saturated heterocycles. The molecule has 3 fully saturated rings. The maximum Gasteiger partial charge on any atom is 0.226 e. The number of nitrogens with zero attached hydrogens (tertiary/aromatic N) is 1. The molecule has 2 aliphatic carbocycles.